The number of amides is 3. The van der Waals surface area contributed by atoms with Crippen molar-refractivity contribution in [3.05, 3.63) is 34.9 Å². The number of imide groups is 1. The molecule has 2 aliphatic rings. The Kier molecular flexibility index (Phi) is 6.67. The predicted molar refractivity (Wildman–Crippen MR) is 101 cm³/mol. The molecule has 8 heteroatoms. The van der Waals surface area contributed by atoms with E-state index in [-0.39, 0.29) is 23.7 Å². The third kappa shape index (κ3) is 4.90. The maximum absolute atomic E-state index is 12.3. The van der Waals surface area contributed by atoms with Crippen molar-refractivity contribution in [2.75, 3.05) is 19.7 Å². The number of likely N-dealkylation sites (tertiary alicyclic amines) is 1. The first-order chi connectivity index (χ1) is 13.5. The number of nitrogens with zero attached hydrogens (tertiary/aromatic N) is 1. The summed E-state index contributed by atoms with van der Waals surface area (Å²) in [7, 11) is 0. The molecule has 0 unspecified atom stereocenters. The number of carbonyl (C=O) groups is 4. The minimum absolute atomic E-state index is 0.294. The highest BCUT2D eigenvalue weighted by Gasteiger charge is 2.48. The van der Waals surface area contributed by atoms with E-state index < -0.39 is 25.0 Å². The maximum Gasteiger partial charge on any atom is 0.326 e. The minimum atomic E-state index is -0.759. The summed E-state index contributed by atoms with van der Waals surface area (Å²) >= 11 is 5.90. The zero-order chi connectivity index (χ0) is 20.1. The van der Waals surface area contributed by atoms with Gasteiger partial charge in [-0.1, -0.05) is 36.6 Å². The van der Waals surface area contributed by atoms with Gasteiger partial charge in [0.25, 0.3) is 5.91 Å². The third-order valence-corrected chi connectivity index (χ3v) is 5.44. The molecule has 1 saturated carbocycles. The summed E-state index contributed by atoms with van der Waals surface area (Å²) < 4.78 is 4.92. The smallest absolute Gasteiger partial charge is 0.326 e. The number of esters is 1. The van der Waals surface area contributed by atoms with Crippen LogP contribution in [0.2, 0.25) is 5.02 Å². The second-order valence-electron chi connectivity index (χ2n) is 7.15. The maximum atomic E-state index is 12.3. The van der Waals surface area contributed by atoms with Crippen LogP contribution in [0.3, 0.4) is 0 Å². The fraction of sp³-hybridized carbons (Fsp3) is 0.500. The normalized spacial score (nSPS) is 21.4. The number of fused-ring (bicyclic) bond motifs is 1. The number of hydrogen-bond acceptors (Lipinski definition) is 5. The van der Waals surface area contributed by atoms with E-state index in [9.17, 15) is 19.2 Å². The molecule has 0 bridgehead atoms. The molecule has 1 saturated heterocycles. The Hall–Kier alpha value is -2.41. The van der Waals surface area contributed by atoms with Crippen molar-refractivity contribution in [3.8, 4) is 0 Å². The molecule has 1 aliphatic carbocycles. The molecule has 2 atom stereocenters. The van der Waals surface area contributed by atoms with Gasteiger partial charge < -0.3 is 10.1 Å². The van der Waals surface area contributed by atoms with Crippen molar-refractivity contribution in [2.24, 2.45) is 11.8 Å². The second-order valence-corrected chi connectivity index (χ2v) is 7.59. The van der Waals surface area contributed by atoms with E-state index in [1.807, 2.05) is 18.2 Å². The summed E-state index contributed by atoms with van der Waals surface area (Å²) in [5.41, 5.74) is 0.984. The minimum Gasteiger partial charge on any atom is -0.454 e. The molecule has 1 aromatic carbocycles. The molecule has 1 N–H and O–H groups in total. The van der Waals surface area contributed by atoms with Crippen LogP contribution in [-0.4, -0.2) is 48.3 Å². The van der Waals surface area contributed by atoms with Crippen LogP contribution in [0.25, 0.3) is 0 Å². The molecule has 2 fully saturated rings. The van der Waals surface area contributed by atoms with Gasteiger partial charge in [0, 0.05) is 11.6 Å². The fourth-order valence-corrected chi connectivity index (χ4v) is 4.01. The standard InChI is InChI=1S/C20H23ClN2O5/c21-14-5-3-4-13(10-14)8-9-22-17(24)12-28-18(25)11-23-19(26)15-6-1-2-7-16(15)20(23)27/h3-5,10,15-16H,1-2,6-9,11-12H2,(H,22,24)/t15-,16+. The molecular formula is C20H23ClN2O5. The van der Waals surface area contributed by atoms with E-state index in [4.69, 9.17) is 16.3 Å². The molecular weight excluding hydrogens is 384 g/mol. The Bertz CT molecular complexity index is 758. The van der Waals surface area contributed by atoms with E-state index >= 15 is 0 Å². The van der Waals surface area contributed by atoms with Crippen LogP contribution in [0, 0.1) is 11.8 Å². The summed E-state index contributed by atoms with van der Waals surface area (Å²) in [4.78, 5) is 49.4. The molecule has 0 spiro atoms. The Labute approximate surface area is 168 Å². The summed E-state index contributed by atoms with van der Waals surface area (Å²) in [6.07, 6.45) is 3.83. The lowest BCUT2D eigenvalue weighted by Crippen LogP contribution is -2.38. The zero-order valence-corrected chi connectivity index (χ0v) is 16.2. The first kappa shape index (κ1) is 20.3. The Morgan fingerprint density at radius 3 is 2.46 bits per heavy atom. The van der Waals surface area contributed by atoms with E-state index in [0.717, 1.165) is 23.3 Å². The highest BCUT2D eigenvalue weighted by molar-refractivity contribution is 6.30. The third-order valence-electron chi connectivity index (χ3n) is 5.21. The van der Waals surface area contributed by atoms with Gasteiger partial charge in [-0.25, -0.2) is 0 Å². The number of ether oxygens (including phenoxy) is 1. The van der Waals surface area contributed by atoms with Crippen LogP contribution in [0.15, 0.2) is 24.3 Å². The predicted octanol–water partition coefficient (Wildman–Crippen LogP) is 1.72. The van der Waals surface area contributed by atoms with Crippen LogP contribution < -0.4 is 5.32 Å². The zero-order valence-electron chi connectivity index (χ0n) is 15.5. The van der Waals surface area contributed by atoms with Gasteiger partial charge in [-0.05, 0) is 37.0 Å². The topological polar surface area (TPSA) is 92.8 Å². The highest BCUT2D eigenvalue weighted by Crippen LogP contribution is 2.37. The Morgan fingerprint density at radius 1 is 1.14 bits per heavy atom. The van der Waals surface area contributed by atoms with Crippen LogP contribution in [0.1, 0.15) is 31.2 Å². The van der Waals surface area contributed by atoms with Gasteiger partial charge in [-0.15, -0.1) is 0 Å². The van der Waals surface area contributed by atoms with Crippen molar-refractivity contribution in [1.29, 1.82) is 0 Å². The summed E-state index contributed by atoms with van der Waals surface area (Å²) in [6.45, 7) is -0.499. The quantitative estimate of drug-likeness (QED) is 0.549. The van der Waals surface area contributed by atoms with E-state index in [1.54, 1.807) is 6.07 Å². The Balaban J connectivity index is 1.38. The molecule has 3 amide bonds. The SMILES string of the molecule is O=C(COC(=O)CN1C(=O)[C@H]2CCCC[C@H]2C1=O)NCCc1cccc(Cl)c1. The number of hydrogen-bond donors (Lipinski definition) is 1. The van der Waals surface area contributed by atoms with Gasteiger partial charge in [0.15, 0.2) is 6.61 Å². The van der Waals surface area contributed by atoms with Gasteiger partial charge >= 0.3 is 5.97 Å². The van der Waals surface area contributed by atoms with Crippen LogP contribution in [0.4, 0.5) is 0 Å². The lowest BCUT2D eigenvalue weighted by atomic mass is 9.81. The number of benzene rings is 1. The van der Waals surface area contributed by atoms with Crippen LogP contribution in [-0.2, 0) is 30.3 Å². The largest absolute Gasteiger partial charge is 0.454 e. The molecule has 1 aromatic rings. The number of halogens is 1. The molecule has 7 nitrogen and oxygen atoms in total. The number of nitrogens with one attached hydrogen (secondary N) is 1. The average Bonchev–Trinajstić information content (AvgIpc) is 2.92. The molecule has 0 aromatic heterocycles. The first-order valence-corrected chi connectivity index (χ1v) is 9.85. The second kappa shape index (κ2) is 9.19. The lowest BCUT2D eigenvalue weighted by molar-refractivity contribution is -0.154. The van der Waals surface area contributed by atoms with Crippen molar-refractivity contribution in [1.82, 2.24) is 10.2 Å². The van der Waals surface area contributed by atoms with E-state index in [1.165, 1.54) is 0 Å². The summed E-state index contributed by atoms with van der Waals surface area (Å²) in [5, 5.41) is 3.28. The Morgan fingerprint density at radius 2 is 1.82 bits per heavy atom. The van der Waals surface area contributed by atoms with Gasteiger partial charge in [0.2, 0.25) is 11.8 Å². The monoisotopic (exact) mass is 406 g/mol. The summed E-state index contributed by atoms with van der Waals surface area (Å²) in [6, 6.07) is 7.32. The van der Waals surface area contributed by atoms with Gasteiger partial charge in [0.1, 0.15) is 6.54 Å². The van der Waals surface area contributed by atoms with Crippen LogP contribution in [0.5, 0.6) is 0 Å². The van der Waals surface area contributed by atoms with Crippen LogP contribution >= 0.6 is 11.6 Å². The number of rotatable bonds is 7. The number of carbonyl (C=O) groups excluding carboxylic acids is 4. The van der Waals surface area contributed by atoms with Crippen molar-refractivity contribution < 1.29 is 23.9 Å². The molecule has 1 heterocycles. The van der Waals surface area contributed by atoms with Gasteiger partial charge in [-0.3, -0.25) is 24.1 Å². The molecule has 28 heavy (non-hydrogen) atoms. The fourth-order valence-electron chi connectivity index (χ4n) is 3.80. The molecule has 150 valence electrons. The first-order valence-electron chi connectivity index (χ1n) is 9.47. The van der Waals surface area contributed by atoms with Gasteiger partial charge in [-0.2, -0.15) is 0 Å². The average molecular weight is 407 g/mol. The van der Waals surface area contributed by atoms with E-state index in [2.05, 4.69) is 5.32 Å². The molecule has 3 rings (SSSR count). The van der Waals surface area contributed by atoms with Crippen molar-refractivity contribution in [2.45, 2.75) is 32.1 Å². The highest BCUT2D eigenvalue weighted by atomic mass is 35.5. The van der Waals surface area contributed by atoms with Crippen molar-refractivity contribution in [3.63, 3.8) is 0 Å². The van der Waals surface area contributed by atoms with Gasteiger partial charge in [0.05, 0.1) is 11.8 Å². The molecule has 0 radical (unpaired) electrons. The molecule has 1 aliphatic heterocycles. The van der Waals surface area contributed by atoms with E-state index in [0.29, 0.717) is 30.8 Å². The summed E-state index contributed by atoms with van der Waals surface area (Å²) in [5.74, 6) is -2.39. The van der Waals surface area contributed by atoms with Crippen molar-refractivity contribution >= 4 is 35.3 Å². The lowest BCUT2D eigenvalue weighted by Gasteiger charge is -2.19.